The van der Waals surface area contributed by atoms with E-state index in [4.69, 9.17) is 5.73 Å². The molecular weight excluding hydrogens is 186 g/mol. The zero-order chi connectivity index (χ0) is 11.1. The van der Waals surface area contributed by atoms with Crippen LogP contribution in [-0.2, 0) is 13.1 Å². The van der Waals surface area contributed by atoms with E-state index < -0.39 is 0 Å². The molecule has 0 aliphatic rings. The van der Waals surface area contributed by atoms with Gasteiger partial charge in [0.1, 0.15) is 0 Å². The van der Waals surface area contributed by atoms with Crippen molar-refractivity contribution < 1.29 is 0 Å². The normalized spacial score (nSPS) is 10.6. The molecule has 1 heterocycles. The topological polar surface area (TPSA) is 42.1 Å². The summed E-state index contributed by atoms with van der Waals surface area (Å²) in [5, 5.41) is 0. The van der Waals surface area contributed by atoms with Crippen LogP contribution in [-0.4, -0.2) is 23.0 Å². The van der Waals surface area contributed by atoms with Gasteiger partial charge in [-0.25, -0.2) is 0 Å². The number of likely N-dealkylation sites (N-methyl/N-ethyl adjacent to an activating group) is 1. The van der Waals surface area contributed by atoms with Gasteiger partial charge in [0, 0.05) is 19.6 Å². The van der Waals surface area contributed by atoms with Crippen LogP contribution < -0.4 is 5.73 Å². The number of aromatic nitrogens is 1. The minimum absolute atomic E-state index is 0.501. The Morgan fingerprint density at radius 3 is 2.80 bits per heavy atom. The predicted molar refractivity (Wildman–Crippen MR) is 63.3 cm³/mol. The van der Waals surface area contributed by atoms with Crippen molar-refractivity contribution in [2.45, 2.75) is 20.0 Å². The summed E-state index contributed by atoms with van der Waals surface area (Å²) < 4.78 is 0. The summed E-state index contributed by atoms with van der Waals surface area (Å²) in [6.07, 6.45) is 1.91. The zero-order valence-corrected chi connectivity index (χ0v) is 9.32. The molecule has 3 heteroatoms. The third-order valence-corrected chi connectivity index (χ3v) is 2.29. The molecule has 0 spiro atoms. The summed E-state index contributed by atoms with van der Waals surface area (Å²) >= 11 is 0. The fraction of sp³-hybridized carbons (Fsp3) is 0.417. The Labute approximate surface area is 91.6 Å². The first-order chi connectivity index (χ1) is 7.30. The van der Waals surface area contributed by atoms with Gasteiger partial charge in [0.05, 0.1) is 11.4 Å². The SMILES string of the molecule is C=CCN(CC)Cc1cccc(CN)n1. The lowest BCUT2D eigenvalue weighted by Gasteiger charge is -2.17. The molecule has 0 amide bonds. The van der Waals surface area contributed by atoms with Crippen LogP contribution >= 0.6 is 0 Å². The first-order valence-electron chi connectivity index (χ1n) is 5.28. The Balaban J connectivity index is 2.65. The molecule has 0 saturated carbocycles. The summed E-state index contributed by atoms with van der Waals surface area (Å²) in [4.78, 5) is 6.73. The average Bonchev–Trinajstić information content (AvgIpc) is 2.29. The number of hydrogen-bond acceptors (Lipinski definition) is 3. The predicted octanol–water partition coefficient (Wildman–Crippen LogP) is 1.55. The van der Waals surface area contributed by atoms with E-state index in [1.165, 1.54) is 0 Å². The summed E-state index contributed by atoms with van der Waals surface area (Å²) in [7, 11) is 0. The molecule has 3 nitrogen and oxygen atoms in total. The van der Waals surface area contributed by atoms with E-state index in [1.807, 2.05) is 24.3 Å². The summed E-state index contributed by atoms with van der Waals surface area (Å²) in [6, 6.07) is 5.99. The van der Waals surface area contributed by atoms with Crippen molar-refractivity contribution in [3.63, 3.8) is 0 Å². The van der Waals surface area contributed by atoms with Gasteiger partial charge in [-0.2, -0.15) is 0 Å². The second kappa shape index (κ2) is 6.32. The first kappa shape index (κ1) is 11.9. The third kappa shape index (κ3) is 3.81. The number of nitrogens with two attached hydrogens (primary N) is 1. The van der Waals surface area contributed by atoms with Crippen LogP contribution in [0.2, 0.25) is 0 Å². The lowest BCUT2D eigenvalue weighted by molar-refractivity contribution is 0.307. The van der Waals surface area contributed by atoms with Crippen LogP contribution in [0.4, 0.5) is 0 Å². The molecule has 1 rings (SSSR count). The fourth-order valence-electron chi connectivity index (χ4n) is 1.45. The minimum Gasteiger partial charge on any atom is -0.325 e. The highest BCUT2D eigenvalue weighted by Gasteiger charge is 2.02. The zero-order valence-electron chi connectivity index (χ0n) is 9.32. The van der Waals surface area contributed by atoms with Gasteiger partial charge in [-0.15, -0.1) is 6.58 Å². The molecular formula is C12H19N3. The summed E-state index contributed by atoms with van der Waals surface area (Å²) in [6.45, 7) is 9.13. The monoisotopic (exact) mass is 205 g/mol. The highest BCUT2D eigenvalue weighted by atomic mass is 15.1. The van der Waals surface area contributed by atoms with Crippen LogP contribution in [0.15, 0.2) is 30.9 Å². The molecule has 15 heavy (non-hydrogen) atoms. The Kier molecular flexibility index (Phi) is 5.01. The van der Waals surface area contributed by atoms with E-state index in [1.54, 1.807) is 0 Å². The molecule has 0 saturated heterocycles. The van der Waals surface area contributed by atoms with Crippen LogP contribution in [0.3, 0.4) is 0 Å². The molecule has 0 atom stereocenters. The second-order valence-corrected chi connectivity index (χ2v) is 3.44. The van der Waals surface area contributed by atoms with Gasteiger partial charge in [-0.05, 0) is 18.7 Å². The Morgan fingerprint density at radius 1 is 1.47 bits per heavy atom. The van der Waals surface area contributed by atoms with Crippen molar-refractivity contribution in [3.8, 4) is 0 Å². The molecule has 2 N–H and O–H groups in total. The van der Waals surface area contributed by atoms with Gasteiger partial charge in [0.25, 0.3) is 0 Å². The summed E-state index contributed by atoms with van der Waals surface area (Å²) in [5.41, 5.74) is 7.57. The van der Waals surface area contributed by atoms with E-state index in [0.717, 1.165) is 31.0 Å². The molecule has 0 radical (unpaired) electrons. The third-order valence-electron chi connectivity index (χ3n) is 2.29. The van der Waals surface area contributed by atoms with E-state index in [9.17, 15) is 0 Å². The van der Waals surface area contributed by atoms with Crippen molar-refractivity contribution in [2.75, 3.05) is 13.1 Å². The molecule has 0 aliphatic heterocycles. The molecule has 0 fully saturated rings. The van der Waals surface area contributed by atoms with E-state index in [-0.39, 0.29) is 0 Å². The summed E-state index contributed by atoms with van der Waals surface area (Å²) in [5.74, 6) is 0. The number of pyridine rings is 1. The van der Waals surface area contributed by atoms with E-state index in [2.05, 4.69) is 23.4 Å². The highest BCUT2D eigenvalue weighted by molar-refractivity contribution is 5.11. The largest absolute Gasteiger partial charge is 0.325 e. The van der Waals surface area contributed by atoms with Crippen molar-refractivity contribution >= 4 is 0 Å². The average molecular weight is 205 g/mol. The van der Waals surface area contributed by atoms with E-state index in [0.29, 0.717) is 6.54 Å². The van der Waals surface area contributed by atoms with Crippen LogP contribution in [0.1, 0.15) is 18.3 Å². The molecule has 0 unspecified atom stereocenters. The molecule has 0 aliphatic carbocycles. The van der Waals surface area contributed by atoms with Gasteiger partial charge in [-0.1, -0.05) is 19.1 Å². The lowest BCUT2D eigenvalue weighted by Crippen LogP contribution is -2.23. The first-order valence-corrected chi connectivity index (χ1v) is 5.28. The van der Waals surface area contributed by atoms with Crippen LogP contribution in [0, 0.1) is 0 Å². The Hall–Kier alpha value is -1.19. The van der Waals surface area contributed by atoms with Crippen molar-refractivity contribution in [3.05, 3.63) is 42.2 Å². The maximum absolute atomic E-state index is 5.55. The molecule has 0 bridgehead atoms. The Morgan fingerprint density at radius 2 is 2.20 bits per heavy atom. The minimum atomic E-state index is 0.501. The quantitative estimate of drug-likeness (QED) is 0.716. The maximum Gasteiger partial charge on any atom is 0.0547 e. The highest BCUT2D eigenvalue weighted by Crippen LogP contribution is 2.03. The Bertz CT molecular complexity index is 309. The molecule has 1 aromatic heterocycles. The second-order valence-electron chi connectivity index (χ2n) is 3.44. The molecule has 1 aromatic rings. The van der Waals surface area contributed by atoms with Gasteiger partial charge >= 0.3 is 0 Å². The van der Waals surface area contributed by atoms with Crippen LogP contribution in [0.25, 0.3) is 0 Å². The number of rotatable bonds is 6. The van der Waals surface area contributed by atoms with Gasteiger partial charge in [0.2, 0.25) is 0 Å². The van der Waals surface area contributed by atoms with Crippen LogP contribution in [0.5, 0.6) is 0 Å². The van der Waals surface area contributed by atoms with Gasteiger partial charge < -0.3 is 5.73 Å². The standard InChI is InChI=1S/C12H19N3/c1-3-8-15(4-2)10-12-7-5-6-11(9-13)14-12/h3,5-7H,1,4,8-10,13H2,2H3. The molecule has 0 aromatic carbocycles. The van der Waals surface area contributed by atoms with Crippen molar-refractivity contribution in [1.29, 1.82) is 0 Å². The van der Waals surface area contributed by atoms with Gasteiger partial charge in [0.15, 0.2) is 0 Å². The maximum atomic E-state index is 5.55. The smallest absolute Gasteiger partial charge is 0.0547 e. The van der Waals surface area contributed by atoms with Crippen molar-refractivity contribution in [1.82, 2.24) is 9.88 Å². The number of hydrogen-bond donors (Lipinski definition) is 1. The van der Waals surface area contributed by atoms with Crippen molar-refractivity contribution in [2.24, 2.45) is 5.73 Å². The lowest BCUT2D eigenvalue weighted by atomic mass is 10.3. The van der Waals surface area contributed by atoms with Gasteiger partial charge in [-0.3, -0.25) is 9.88 Å². The fourth-order valence-corrected chi connectivity index (χ4v) is 1.45. The molecule has 82 valence electrons. The number of nitrogens with zero attached hydrogens (tertiary/aromatic N) is 2. The van der Waals surface area contributed by atoms with E-state index >= 15 is 0 Å².